The number of aryl methyl sites for hydroxylation is 2. The van der Waals surface area contributed by atoms with Gasteiger partial charge in [-0.3, -0.25) is 14.4 Å². The van der Waals surface area contributed by atoms with E-state index in [0.29, 0.717) is 18.0 Å². The minimum absolute atomic E-state index is 0.177. The van der Waals surface area contributed by atoms with Crippen LogP contribution in [0.25, 0.3) is 0 Å². The zero-order valence-corrected chi connectivity index (χ0v) is 14.9. The lowest BCUT2D eigenvalue weighted by Crippen LogP contribution is -2.48. The van der Waals surface area contributed by atoms with Crippen LogP contribution < -0.4 is 0 Å². The van der Waals surface area contributed by atoms with E-state index in [4.69, 9.17) is 16.0 Å². The third-order valence-electron chi connectivity index (χ3n) is 4.52. The summed E-state index contributed by atoms with van der Waals surface area (Å²) in [5.41, 5.74) is 1.73. The van der Waals surface area contributed by atoms with Gasteiger partial charge in [0.05, 0.1) is 35.8 Å². The lowest BCUT2D eigenvalue weighted by Gasteiger charge is -2.34. The lowest BCUT2D eigenvalue weighted by molar-refractivity contribution is -0.133. The van der Waals surface area contributed by atoms with Gasteiger partial charge in [0.1, 0.15) is 5.76 Å². The zero-order chi connectivity index (χ0) is 17.1. The highest BCUT2D eigenvalue weighted by Crippen LogP contribution is 2.19. The SMILES string of the molecule is Cc1nn(CCC(=O)N2CCN(Cc3ccco3)CC2)c(C)c1Cl. The molecule has 7 heteroatoms. The highest BCUT2D eigenvalue weighted by molar-refractivity contribution is 6.31. The van der Waals surface area contributed by atoms with Gasteiger partial charge in [-0.05, 0) is 26.0 Å². The average Bonchev–Trinajstić information content (AvgIpc) is 3.18. The molecule has 130 valence electrons. The third kappa shape index (κ3) is 3.82. The Bertz CT molecular complexity index is 688. The molecule has 2 aromatic heterocycles. The van der Waals surface area contributed by atoms with E-state index in [1.165, 1.54) is 0 Å². The van der Waals surface area contributed by atoms with Crippen molar-refractivity contribution < 1.29 is 9.21 Å². The second kappa shape index (κ2) is 7.40. The highest BCUT2D eigenvalue weighted by Gasteiger charge is 2.22. The van der Waals surface area contributed by atoms with Gasteiger partial charge >= 0.3 is 0 Å². The first-order valence-electron chi connectivity index (χ1n) is 8.26. The average molecular weight is 351 g/mol. The molecule has 0 saturated carbocycles. The molecule has 1 aliphatic heterocycles. The molecule has 1 saturated heterocycles. The van der Waals surface area contributed by atoms with E-state index < -0.39 is 0 Å². The largest absolute Gasteiger partial charge is 0.468 e. The fourth-order valence-electron chi connectivity index (χ4n) is 3.03. The number of piperazine rings is 1. The van der Waals surface area contributed by atoms with Gasteiger partial charge in [0.15, 0.2) is 0 Å². The van der Waals surface area contributed by atoms with E-state index in [9.17, 15) is 4.79 Å². The molecule has 0 aliphatic carbocycles. The second-order valence-corrected chi connectivity index (χ2v) is 6.57. The van der Waals surface area contributed by atoms with Gasteiger partial charge in [-0.25, -0.2) is 0 Å². The number of carbonyl (C=O) groups is 1. The Labute approximate surface area is 147 Å². The molecule has 0 spiro atoms. The van der Waals surface area contributed by atoms with Crippen LogP contribution in [0.15, 0.2) is 22.8 Å². The molecule has 1 aliphatic rings. The number of hydrogen-bond donors (Lipinski definition) is 0. The molecule has 0 radical (unpaired) electrons. The monoisotopic (exact) mass is 350 g/mol. The number of nitrogens with zero attached hydrogens (tertiary/aromatic N) is 4. The smallest absolute Gasteiger partial charge is 0.224 e. The first-order chi connectivity index (χ1) is 11.5. The summed E-state index contributed by atoms with van der Waals surface area (Å²) < 4.78 is 7.20. The predicted octanol–water partition coefficient (Wildman–Crippen LogP) is 2.48. The Morgan fingerprint density at radius 1 is 1.29 bits per heavy atom. The molecule has 0 aromatic carbocycles. The number of aromatic nitrogens is 2. The summed E-state index contributed by atoms with van der Waals surface area (Å²) in [5.74, 6) is 1.15. The van der Waals surface area contributed by atoms with Crippen molar-refractivity contribution >= 4 is 17.5 Å². The van der Waals surface area contributed by atoms with E-state index in [1.807, 2.05) is 35.6 Å². The van der Waals surface area contributed by atoms with Crippen LogP contribution >= 0.6 is 11.6 Å². The van der Waals surface area contributed by atoms with Crippen LogP contribution in [0.5, 0.6) is 0 Å². The quantitative estimate of drug-likeness (QED) is 0.831. The van der Waals surface area contributed by atoms with Crippen LogP contribution in [0, 0.1) is 13.8 Å². The Kier molecular flexibility index (Phi) is 5.26. The number of furan rings is 1. The summed E-state index contributed by atoms with van der Waals surface area (Å²) >= 11 is 6.14. The van der Waals surface area contributed by atoms with Crippen molar-refractivity contribution in [3.05, 3.63) is 40.6 Å². The van der Waals surface area contributed by atoms with Gasteiger partial charge < -0.3 is 9.32 Å². The van der Waals surface area contributed by atoms with Crippen molar-refractivity contribution in [1.82, 2.24) is 19.6 Å². The van der Waals surface area contributed by atoms with Gasteiger partial charge in [-0.1, -0.05) is 11.6 Å². The van der Waals surface area contributed by atoms with Crippen LogP contribution in [0.3, 0.4) is 0 Å². The minimum atomic E-state index is 0.177. The normalized spacial score (nSPS) is 15.9. The van der Waals surface area contributed by atoms with E-state index in [0.717, 1.165) is 49.9 Å². The third-order valence-corrected chi connectivity index (χ3v) is 5.06. The number of carbonyl (C=O) groups excluding carboxylic acids is 1. The Morgan fingerprint density at radius 3 is 2.62 bits per heavy atom. The van der Waals surface area contributed by atoms with E-state index in [-0.39, 0.29) is 5.91 Å². The number of rotatable bonds is 5. The number of amides is 1. The maximum absolute atomic E-state index is 12.4. The molecule has 2 aromatic rings. The summed E-state index contributed by atoms with van der Waals surface area (Å²) in [6, 6.07) is 3.89. The molecular formula is C17H23ClN4O2. The first kappa shape index (κ1) is 17.0. The first-order valence-corrected chi connectivity index (χ1v) is 8.64. The lowest BCUT2D eigenvalue weighted by atomic mass is 10.2. The molecule has 3 heterocycles. The van der Waals surface area contributed by atoms with E-state index >= 15 is 0 Å². The summed E-state index contributed by atoms with van der Waals surface area (Å²) in [6.07, 6.45) is 2.15. The summed E-state index contributed by atoms with van der Waals surface area (Å²) in [6.45, 7) is 8.46. The molecule has 0 unspecified atom stereocenters. The molecule has 1 fully saturated rings. The van der Waals surface area contributed by atoms with Crippen LogP contribution in [-0.2, 0) is 17.9 Å². The predicted molar refractivity (Wildman–Crippen MR) is 91.9 cm³/mol. The van der Waals surface area contributed by atoms with Crippen molar-refractivity contribution in [1.29, 1.82) is 0 Å². The maximum atomic E-state index is 12.4. The number of hydrogen-bond acceptors (Lipinski definition) is 4. The van der Waals surface area contributed by atoms with Crippen molar-refractivity contribution in [2.24, 2.45) is 0 Å². The highest BCUT2D eigenvalue weighted by atomic mass is 35.5. The Hall–Kier alpha value is -1.79. The molecule has 24 heavy (non-hydrogen) atoms. The van der Waals surface area contributed by atoms with Crippen LogP contribution in [0.1, 0.15) is 23.6 Å². The van der Waals surface area contributed by atoms with Crippen molar-refractivity contribution in [2.45, 2.75) is 33.4 Å². The standard InChI is InChI=1S/C17H23ClN4O2/c1-13-17(18)14(2)22(19-13)6-5-16(23)21-9-7-20(8-10-21)12-15-4-3-11-24-15/h3-4,11H,5-10,12H2,1-2H3. The van der Waals surface area contributed by atoms with Crippen molar-refractivity contribution in [2.75, 3.05) is 26.2 Å². The van der Waals surface area contributed by atoms with Gasteiger partial charge in [0, 0.05) is 32.6 Å². The van der Waals surface area contributed by atoms with Gasteiger partial charge in [0.25, 0.3) is 0 Å². The molecule has 6 nitrogen and oxygen atoms in total. The van der Waals surface area contributed by atoms with E-state index in [2.05, 4.69) is 10.00 Å². The Morgan fingerprint density at radius 2 is 2.04 bits per heavy atom. The summed E-state index contributed by atoms with van der Waals surface area (Å²) in [7, 11) is 0. The van der Waals surface area contributed by atoms with Crippen molar-refractivity contribution in [3.63, 3.8) is 0 Å². The fraction of sp³-hybridized carbons (Fsp3) is 0.529. The maximum Gasteiger partial charge on any atom is 0.224 e. The number of halogens is 1. The molecule has 0 N–H and O–H groups in total. The Balaban J connectivity index is 1.46. The topological polar surface area (TPSA) is 54.5 Å². The van der Waals surface area contributed by atoms with Crippen molar-refractivity contribution in [3.8, 4) is 0 Å². The van der Waals surface area contributed by atoms with E-state index in [1.54, 1.807) is 6.26 Å². The summed E-state index contributed by atoms with van der Waals surface area (Å²) in [5, 5.41) is 5.06. The minimum Gasteiger partial charge on any atom is -0.468 e. The van der Waals surface area contributed by atoms with Gasteiger partial charge in [-0.2, -0.15) is 5.10 Å². The van der Waals surface area contributed by atoms with Gasteiger partial charge in [-0.15, -0.1) is 0 Å². The second-order valence-electron chi connectivity index (χ2n) is 6.19. The summed E-state index contributed by atoms with van der Waals surface area (Å²) in [4.78, 5) is 16.7. The molecule has 0 bridgehead atoms. The molecule has 1 amide bonds. The molecule has 0 atom stereocenters. The van der Waals surface area contributed by atoms with Crippen LogP contribution in [-0.4, -0.2) is 51.7 Å². The van der Waals surface area contributed by atoms with Crippen LogP contribution in [0.4, 0.5) is 0 Å². The van der Waals surface area contributed by atoms with Crippen LogP contribution in [0.2, 0.25) is 5.02 Å². The molecule has 3 rings (SSSR count). The van der Waals surface area contributed by atoms with Gasteiger partial charge in [0.2, 0.25) is 5.91 Å². The molecular weight excluding hydrogens is 328 g/mol. The fourth-order valence-corrected chi connectivity index (χ4v) is 3.17. The zero-order valence-electron chi connectivity index (χ0n) is 14.2.